The summed E-state index contributed by atoms with van der Waals surface area (Å²) in [5.41, 5.74) is 0. The molecule has 1 aliphatic rings. The number of hydrogen-bond donors (Lipinski definition) is 1. The van der Waals surface area contributed by atoms with Crippen LogP contribution in [-0.2, 0) is 9.53 Å². The summed E-state index contributed by atoms with van der Waals surface area (Å²) >= 11 is 0. The number of likely N-dealkylation sites (tertiary alicyclic amines) is 1. The fourth-order valence-corrected chi connectivity index (χ4v) is 2.20. The molecule has 1 fully saturated rings. The van der Waals surface area contributed by atoms with Gasteiger partial charge in [-0.3, -0.25) is 4.79 Å². The van der Waals surface area contributed by atoms with Gasteiger partial charge in [-0.1, -0.05) is 0 Å². The smallest absolute Gasteiger partial charge is 0.306 e. The molecule has 16 heavy (non-hydrogen) atoms. The third-order valence-electron chi connectivity index (χ3n) is 3.37. The predicted molar refractivity (Wildman–Crippen MR) is 64.3 cm³/mol. The second-order valence-electron chi connectivity index (χ2n) is 4.50. The molecular formula is C12H24N2O2. The SMILES string of the molecule is CNCCC1CCN(CCC(=O)OC)CC1. The molecule has 1 saturated heterocycles. The van der Waals surface area contributed by atoms with Crippen molar-refractivity contribution in [3.63, 3.8) is 0 Å². The van der Waals surface area contributed by atoms with Gasteiger partial charge in [0.15, 0.2) is 0 Å². The van der Waals surface area contributed by atoms with E-state index in [1.54, 1.807) is 0 Å². The van der Waals surface area contributed by atoms with Crippen LogP contribution in [0, 0.1) is 5.92 Å². The minimum absolute atomic E-state index is 0.0997. The molecule has 0 amide bonds. The van der Waals surface area contributed by atoms with Gasteiger partial charge in [0.2, 0.25) is 0 Å². The monoisotopic (exact) mass is 228 g/mol. The topological polar surface area (TPSA) is 41.6 Å². The number of nitrogens with zero attached hydrogens (tertiary/aromatic N) is 1. The van der Waals surface area contributed by atoms with Crippen molar-refractivity contribution in [3.05, 3.63) is 0 Å². The van der Waals surface area contributed by atoms with Gasteiger partial charge in [-0.25, -0.2) is 0 Å². The Morgan fingerprint density at radius 3 is 2.69 bits per heavy atom. The summed E-state index contributed by atoms with van der Waals surface area (Å²) in [6, 6.07) is 0. The highest BCUT2D eigenvalue weighted by Crippen LogP contribution is 2.19. The average molecular weight is 228 g/mol. The highest BCUT2D eigenvalue weighted by atomic mass is 16.5. The van der Waals surface area contributed by atoms with Crippen LogP contribution in [0.25, 0.3) is 0 Å². The molecule has 0 spiro atoms. The van der Waals surface area contributed by atoms with E-state index < -0.39 is 0 Å². The molecule has 0 aliphatic carbocycles. The molecule has 0 aromatic carbocycles. The first-order valence-electron chi connectivity index (χ1n) is 6.20. The second kappa shape index (κ2) is 7.63. The quantitative estimate of drug-likeness (QED) is 0.685. The van der Waals surface area contributed by atoms with E-state index in [0.29, 0.717) is 6.42 Å². The van der Waals surface area contributed by atoms with E-state index in [1.807, 2.05) is 7.05 Å². The van der Waals surface area contributed by atoms with E-state index in [9.17, 15) is 4.79 Å². The third kappa shape index (κ3) is 4.94. The molecule has 4 nitrogen and oxygen atoms in total. The molecule has 0 atom stereocenters. The Kier molecular flexibility index (Phi) is 6.42. The molecule has 1 N–H and O–H groups in total. The summed E-state index contributed by atoms with van der Waals surface area (Å²) in [5, 5.41) is 3.20. The van der Waals surface area contributed by atoms with Gasteiger partial charge in [-0.05, 0) is 51.9 Å². The Morgan fingerprint density at radius 1 is 1.44 bits per heavy atom. The zero-order valence-electron chi connectivity index (χ0n) is 10.5. The third-order valence-corrected chi connectivity index (χ3v) is 3.37. The van der Waals surface area contributed by atoms with Crippen molar-refractivity contribution in [2.45, 2.75) is 25.7 Å². The lowest BCUT2D eigenvalue weighted by Gasteiger charge is -2.31. The lowest BCUT2D eigenvalue weighted by Crippen LogP contribution is -2.35. The van der Waals surface area contributed by atoms with E-state index in [-0.39, 0.29) is 5.97 Å². The number of ether oxygens (including phenoxy) is 1. The maximum atomic E-state index is 11.0. The first-order valence-corrected chi connectivity index (χ1v) is 6.20. The average Bonchev–Trinajstić information content (AvgIpc) is 2.34. The van der Waals surface area contributed by atoms with Crippen LogP contribution >= 0.6 is 0 Å². The minimum atomic E-state index is -0.0997. The van der Waals surface area contributed by atoms with E-state index in [2.05, 4.69) is 15.0 Å². The first kappa shape index (κ1) is 13.5. The van der Waals surface area contributed by atoms with E-state index in [1.165, 1.54) is 26.4 Å². The standard InChI is InChI=1S/C12H24N2O2/c1-13-7-3-11-4-8-14(9-5-11)10-6-12(15)16-2/h11,13H,3-10H2,1-2H3. The zero-order valence-corrected chi connectivity index (χ0v) is 10.5. The van der Waals surface area contributed by atoms with Gasteiger partial charge in [-0.2, -0.15) is 0 Å². The first-order chi connectivity index (χ1) is 7.76. The number of rotatable bonds is 6. The summed E-state index contributed by atoms with van der Waals surface area (Å²) in [7, 11) is 3.46. The van der Waals surface area contributed by atoms with Crippen molar-refractivity contribution >= 4 is 5.97 Å². The maximum Gasteiger partial charge on any atom is 0.306 e. The van der Waals surface area contributed by atoms with E-state index in [4.69, 9.17) is 0 Å². The summed E-state index contributed by atoms with van der Waals surface area (Å²) in [5.74, 6) is 0.763. The van der Waals surface area contributed by atoms with Crippen LogP contribution in [0.1, 0.15) is 25.7 Å². The predicted octanol–water partition coefficient (Wildman–Crippen LogP) is 0.871. The van der Waals surface area contributed by atoms with Gasteiger partial charge in [0.05, 0.1) is 13.5 Å². The van der Waals surface area contributed by atoms with E-state index >= 15 is 0 Å². The number of carbonyl (C=O) groups is 1. The molecule has 94 valence electrons. The Hall–Kier alpha value is -0.610. The number of methoxy groups -OCH3 is 1. The molecule has 0 aromatic heterocycles. The largest absolute Gasteiger partial charge is 0.469 e. The Labute approximate surface area is 98.3 Å². The van der Waals surface area contributed by atoms with Crippen LogP contribution in [0.3, 0.4) is 0 Å². The van der Waals surface area contributed by atoms with Gasteiger partial charge in [0.25, 0.3) is 0 Å². The van der Waals surface area contributed by atoms with Crippen molar-refractivity contribution in [2.75, 3.05) is 40.3 Å². The van der Waals surface area contributed by atoms with Crippen molar-refractivity contribution in [2.24, 2.45) is 5.92 Å². The van der Waals surface area contributed by atoms with E-state index in [0.717, 1.165) is 32.1 Å². The van der Waals surface area contributed by atoms with Crippen LogP contribution < -0.4 is 5.32 Å². The van der Waals surface area contributed by atoms with Gasteiger partial charge in [0.1, 0.15) is 0 Å². The Balaban J connectivity index is 2.09. The summed E-state index contributed by atoms with van der Waals surface area (Å²) in [6.45, 7) is 4.23. The molecule has 4 heteroatoms. The fourth-order valence-electron chi connectivity index (χ4n) is 2.20. The molecule has 1 rings (SSSR count). The number of nitrogens with one attached hydrogen (secondary N) is 1. The number of piperidine rings is 1. The highest BCUT2D eigenvalue weighted by molar-refractivity contribution is 5.69. The molecule has 0 bridgehead atoms. The Morgan fingerprint density at radius 2 is 2.12 bits per heavy atom. The van der Waals surface area contributed by atoms with Crippen molar-refractivity contribution < 1.29 is 9.53 Å². The van der Waals surface area contributed by atoms with Crippen molar-refractivity contribution in [1.82, 2.24) is 10.2 Å². The molecule has 1 aliphatic heterocycles. The van der Waals surface area contributed by atoms with Gasteiger partial charge in [-0.15, -0.1) is 0 Å². The highest BCUT2D eigenvalue weighted by Gasteiger charge is 2.18. The molecule has 0 aromatic rings. The van der Waals surface area contributed by atoms with Crippen molar-refractivity contribution in [3.8, 4) is 0 Å². The van der Waals surface area contributed by atoms with Crippen LogP contribution in [0.2, 0.25) is 0 Å². The van der Waals surface area contributed by atoms with Crippen LogP contribution in [0.4, 0.5) is 0 Å². The zero-order chi connectivity index (χ0) is 11.8. The molecule has 0 unspecified atom stereocenters. The summed E-state index contributed by atoms with van der Waals surface area (Å²) in [6.07, 6.45) is 4.34. The van der Waals surface area contributed by atoms with Crippen LogP contribution in [-0.4, -0.2) is 51.2 Å². The fraction of sp³-hybridized carbons (Fsp3) is 0.917. The minimum Gasteiger partial charge on any atom is -0.469 e. The normalized spacial score (nSPS) is 18.6. The molecular weight excluding hydrogens is 204 g/mol. The van der Waals surface area contributed by atoms with Gasteiger partial charge >= 0.3 is 5.97 Å². The van der Waals surface area contributed by atoms with Crippen LogP contribution in [0.5, 0.6) is 0 Å². The number of carbonyl (C=O) groups excluding carboxylic acids is 1. The van der Waals surface area contributed by atoms with Gasteiger partial charge in [0, 0.05) is 6.54 Å². The Bertz CT molecular complexity index is 201. The number of hydrogen-bond acceptors (Lipinski definition) is 4. The summed E-state index contributed by atoms with van der Waals surface area (Å²) < 4.78 is 4.64. The molecule has 0 radical (unpaired) electrons. The van der Waals surface area contributed by atoms with Gasteiger partial charge < -0.3 is 15.0 Å². The number of esters is 1. The van der Waals surface area contributed by atoms with Crippen LogP contribution in [0.15, 0.2) is 0 Å². The van der Waals surface area contributed by atoms with Crippen molar-refractivity contribution in [1.29, 1.82) is 0 Å². The lowest BCUT2D eigenvalue weighted by atomic mass is 9.93. The second-order valence-corrected chi connectivity index (χ2v) is 4.50. The molecule has 0 saturated carbocycles. The lowest BCUT2D eigenvalue weighted by molar-refractivity contribution is -0.141. The maximum absolute atomic E-state index is 11.0. The summed E-state index contributed by atoms with van der Waals surface area (Å²) in [4.78, 5) is 13.4. The molecule has 1 heterocycles.